The van der Waals surface area contributed by atoms with Crippen molar-refractivity contribution in [1.82, 2.24) is 14.6 Å². The number of nitrogens with one attached hydrogen (secondary N) is 2. The Kier molecular flexibility index (Phi) is 9.38. The van der Waals surface area contributed by atoms with E-state index in [-0.39, 0.29) is 16.5 Å². The Morgan fingerprint density at radius 1 is 1.16 bits per heavy atom. The number of aliphatic hydroxyl groups is 1. The summed E-state index contributed by atoms with van der Waals surface area (Å²) in [6.45, 7) is 2.24. The molecular weight excluding hydrogens is 624 g/mol. The molecule has 1 unspecified atom stereocenters. The van der Waals surface area contributed by atoms with Crippen molar-refractivity contribution >= 4 is 24.5 Å². The van der Waals surface area contributed by atoms with Crippen LogP contribution in [0.3, 0.4) is 0 Å². The number of esters is 1. The fourth-order valence-electron chi connectivity index (χ4n) is 4.29. The fourth-order valence-corrected chi connectivity index (χ4v) is 5.81. The van der Waals surface area contributed by atoms with Crippen molar-refractivity contribution in [2.24, 2.45) is 0 Å². The van der Waals surface area contributed by atoms with E-state index in [1.165, 1.54) is 31.0 Å². The standard InChI is InChI=1S/C26H27F5N3O9P/c1-13(2)41-22(37)14(3)33-44(39,43-17-9-8-15-6-4-5-7-16(15)10-17)40-12-25(23(28)29)26(30,31)19(35)21(42-25)34-11-18(27)20(36)32-24(34)38/h4-11,13-14,19,21,23,35H,12H2,1-3H3,(H,33,39)(H,32,36,38)/t14-,19-,21+,25-,44?/m0/s1. The molecule has 18 heteroatoms. The summed E-state index contributed by atoms with van der Waals surface area (Å²) >= 11 is 0. The summed E-state index contributed by atoms with van der Waals surface area (Å²) in [7, 11) is -5.05. The molecule has 4 rings (SSSR count). The van der Waals surface area contributed by atoms with Crippen molar-refractivity contribution in [2.75, 3.05) is 6.61 Å². The Morgan fingerprint density at radius 3 is 2.45 bits per heavy atom. The lowest BCUT2D eigenvalue weighted by atomic mass is 9.95. The van der Waals surface area contributed by atoms with Crippen molar-refractivity contribution in [3.63, 3.8) is 0 Å². The van der Waals surface area contributed by atoms with Crippen LogP contribution in [0.25, 0.3) is 10.8 Å². The summed E-state index contributed by atoms with van der Waals surface area (Å²) in [5, 5.41) is 13.8. The van der Waals surface area contributed by atoms with Crippen LogP contribution in [-0.2, 0) is 23.4 Å². The molecule has 2 aromatic carbocycles. The van der Waals surface area contributed by atoms with E-state index < -0.39 is 79.8 Å². The van der Waals surface area contributed by atoms with Gasteiger partial charge in [-0.05, 0) is 43.7 Å². The summed E-state index contributed by atoms with van der Waals surface area (Å²) in [6.07, 6.45) is -10.6. The highest BCUT2D eigenvalue weighted by molar-refractivity contribution is 7.52. The van der Waals surface area contributed by atoms with E-state index in [2.05, 4.69) is 5.09 Å². The molecule has 1 fully saturated rings. The molecule has 240 valence electrons. The van der Waals surface area contributed by atoms with Gasteiger partial charge in [0.25, 0.3) is 12.0 Å². The van der Waals surface area contributed by atoms with Gasteiger partial charge >= 0.3 is 25.3 Å². The average molecular weight is 651 g/mol. The van der Waals surface area contributed by atoms with Crippen LogP contribution in [0, 0.1) is 5.82 Å². The zero-order valence-corrected chi connectivity index (χ0v) is 24.1. The van der Waals surface area contributed by atoms with E-state index in [1.54, 1.807) is 30.3 Å². The molecule has 1 aliphatic rings. The van der Waals surface area contributed by atoms with Gasteiger partial charge < -0.3 is 19.1 Å². The number of hydrogen-bond donors (Lipinski definition) is 3. The summed E-state index contributed by atoms with van der Waals surface area (Å²) in [5.41, 5.74) is -7.21. The van der Waals surface area contributed by atoms with Gasteiger partial charge in [-0.3, -0.25) is 23.7 Å². The third-order valence-electron chi connectivity index (χ3n) is 6.54. The number of aromatic amines is 1. The lowest BCUT2D eigenvalue weighted by Gasteiger charge is -2.34. The van der Waals surface area contributed by atoms with Crippen LogP contribution in [0.5, 0.6) is 5.75 Å². The summed E-state index contributed by atoms with van der Waals surface area (Å²) in [5.74, 6) is -7.77. The Morgan fingerprint density at radius 2 is 1.82 bits per heavy atom. The molecule has 12 nitrogen and oxygen atoms in total. The fraction of sp³-hybridized carbons (Fsp3) is 0.423. The number of hydrogen-bond acceptors (Lipinski definition) is 9. The van der Waals surface area contributed by atoms with Gasteiger partial charge in [0.15, 0.2) is 12.3 Å². The summed E-state index contributed by atoms with van der Waals surface area (Å²) in [4.78, 5) is 37.4. The van der Waals surface area contributed by atoms with Gasteiger partial charge in [0.05, 0.1) is 18.9 Å². The molecule has 1 saturated heterocycles. The van der Waals surface area contributed by atoms with Gasteiger partial charge in [-0.15, -0.1) is 0 Å². The van der Waals surface area contributed by atoms with Crippen LogP contribution >= 0.6 is 7.75 Å². The Balaban J connectivity index is 1.70. The molecule has 2 heterocycles. The normalized spacial score (nSPS) is 23.5. The minimum absolute atomic E-state index is 0.0488. The first kappa shape index (κ1) is 33.3. The Hall–Kier alpha value is -3.63. The van der Waals surface area contributed by atoms with Crippen molar-refractivity contribution in [2.45, 2.75) is 63.2 Å². The van der Waals surface area contributed by atoms with E-state index in [9.17, 15) is 37.2 Å². The molecule has 1 aliphatic heterocycles. The predicted octanol–water partition coefficient (Wildman–Crippen LogP) is 3.49. The number of rotatable bonds is 11. The number of benzene rings is 2. The maximum atomic E-state index is 15.4. The second-order valence-electron chi connectivity index (χ2n) is 10.1. The molecule has 0 bridgehead atoms. The number of H-pyrrole nitrogens is 1. The minimum Gasteiger partial charge on any atom is -0.462 e. The van der Waals surface area contributed by atoms with Crippen molar-refractivity contribution < 1.29 is 54.9 Å². The largest absolute Gasteiger partial charge is 0.462 e. The Bertz CT molecular complexity index is 1700. The van der Waals surface area contributed by atoms with Crippen LogP contribution in [-0.4, -0.2) is 63.4 Å². The number of aromatic nitrogens is 2. The quantitative estimate of drug-likeness (QED) is 0.159. The highest BCUT2D eigenvalue weighted by Crippen LogP contribution is 2.54. The van der Waals surface area contributed by atoms with E-state index in [0.717, 1.165) is 12.3 Å². The monoisotopic (exact) mass is 651 g/mol. The van der Waals surface area contributed by atoms with Crippen LogP contribution in [0.4, 0.5) is 22.0 Å². The molecule has 0 spiro atoms. The lowest BCUT2D eigenvalue weighted by Crippen LogP contribution is -2.57. The second-order valence-corrected chi connectivity index (χ2v) is 11.8. The molecule has 0 amide bonds. The maximum Gasteiger partial charge on any atom is 0.459 e. The first-order chi connectivity index (χ1) is 20.5. The predicted molar refractivity (Wildman–Crippen MR) is 143 cm³/mol. The SMILES string of the molecule is CC(C)OC(=O)[C@H](C)NP(=O)(OC[C@@]1(C(F)F)O[C@@H](n2cc(F)c(=O)[nH]c2=O)[C@H](O)C1(F)F)Oc1ccc2ccccc2c1. The summed E-state index contributed by atoms with van der Waals surface area (Å²) in [6, 6.07) is 9.57. The third-order valence-corrected chi connectivity index (χ3v) is 8.16. The number of ether oxygens (including phenoxy) is 2. The smallest absolute Gasteiger partial charge is 0.459 e. The number of carbonyl (C=O) groups is 1. The second kappa shape index (κ2) is 12.4. The van der Waals surface area contributed by atoms with Gasteiger partial charge in [-0.2, -0.15) is 18.3 Å². The van der Waals surface area contributed by atoms with E-state index in [0.29, 0.717) is 5.39 Å². The van der Waals surface area contributed by atoms with Gasteiger partial charge in [0, 0.05) is 0 Å². The summed E-state index contributed by atoms with van der Waals surface area (Å²) < 4.78 is 108. The van der Waals surface area contributed by atoms with Gasteiger partial charge in [-0.25, -0.2) is 18.1 Å². The van der Waals surface area contributed by atoms with Crippen LogP contribution in [0.2, 0.25) is 0 Å². The van der Waals surface area contributed by atoms with E-state index in [4.69, 9.17) is 18.5 Å². The van der Waals surface area contributed by atoms with Crippen LogP contribution in [0.1, 0.15) is 27.0 Å². The molecular formula is C26H27F5N3O9P. The highest BCUT2D eigenvalue weighted by atomic mass is 31.2. The molecule has 0 saturated carbocycles. The zero-order valence-electron chi connectivity index (χ0n) is 23.2. The first-order valence-corrected chi connectivity index (χ1v) is 14.5. The lowest BCUT2D eigenvalue weighted by molar-refractivity contribution is -0.242. The average Bonchev–Trinajstić information content (AvgIpc) is 3.14. The van der Waals surface area contributed by atoms with Gasteiger partial charge in [-0.1, -0.05) is 30.3 Å². The highest BCUT2D eigenvalue weighted by Gasteiger charge is 2.74. The number of aliphatic hydroxyl groups excluding tert-OH is 1. The topological polar surface area (TPSA) is 158 Å². The number of carbonyl (C=O) groups excluding carboxylic acids is 1. The van der Waals surface area contributed by atoms with E-state index >= 15 is 8.78 Å². The molecule has 44 heavy (non-hydrogen) atoms. The molecule has 1 aromatic heterocycles. The van der Waals surface area contributed by atoms with E-state index in [1.807, 2.05) is 0 Å². The van der Waals surface area contributed by atoms with Crippen molar-refractivity contribution in [3.8, 4) is 5.75 Å². The molecule has 0 radical (unpaired) electrons. The molecule has 5 atom stereocenters. The van der Waals surface area contributed by atoms with Gasteiger partial charge in [0.2, 0.25) is 11.4 Å². The Labute approximate surface area is 245 Å². The maximum absolute atomic E-state index is 15.4. The van der Waals surface area contributed by atoms with Crippen molar-refractivity contribution in [1.29, 1.82) is 0 Å². The molecule has 0 aliphatic carbocycles. The first-order valence-electron chi connectivity index (χ1n) is 12.9. The molecule has 3 aromatic rings. The third kappa shape index (κ3) is 6.42. The van der Waals surface area contributed by atoms with Gasteiger partial charge in [0.1, 0.15) is 11.8 Å². The minimum atomic E-state index is -5.05. The zero-order chi connectivity index (χ0) is 32.6. The molecule has 3 N–H and O–H groups in total. The van der Waals surface area contributed by atoms with Crippen molar-refractivity contribution in [3.05, 3.63) is 75.3 Å². The number of alkyl halides is 4. The van der Waals surface area contributed by atoms with Crippen LogP contribution < -0.4 is 20.9 Å². The number of nitrogens with zero attached hydrogens (tertiary/aromatic N) is 1. The van der Waals surface area contributed by atoms with Crippen LogP contribution in [0.15, 0.2) is 58.3 Å². The number of fused-ring (bicyclic) bond motifs is 1. The number of halogens is 5.